The number of thioether (sulfide) groups is 1. The second-order valence-electron chi connectivity index (χ2n) is 7.65. The molecule has 0 atom stereocenters. The van der Waals surface area contributed by atoms with Crippen LogP contribution < -0.4 is 0 Å². The van der Waals surface area contributed by atoms with Crippen LogP contribution in [0.3, 0.4) is 0 Å². The van der Waals surface area contributed by atoms with Gasteiger partial charge in [-0.05, 0) is 41.2 Å². The highest BCUT2D eigenvalue weighted by atomic mass is 32.2. The Balaban J connectivity index is 1.82. The zero-order valence-electron chi connectivity index (χ0n) is 16.4. The number of para-hydroxylation sites is 1. The van der Waals surface area contributed by atoms with E-state index in [-0.39, 0.29) is 11.2 Å². The van der Waals surface area contributed by atoms with Gasteiger partial charge in [0.1, 0.15) is 0 Å². The molecular formula is C21H21NO4S3. The Morgan fingerprint density at radius 3 is 2.72 bits per heavy atom. The van der Waals surface area contributed by atoms with Crippen molar-refractivity contribution in [1.29, 1.82) is 0 Å². The number of carbonyl (C=O) groups excluding carboxylic acids is 1. The number of benzene rings is 2. The highest BCUT2D eigenvalue weighted by Gasteiger charge is 2.38. The number of fused-ring (bicyclic) bond motifs is 2. The Hall–Kier alpha value is -1.90. The molecule has 1 aliphatic rings. The van der Waals surface area contributed by atoms with E-state index in [2.05, 4.69) is 4.98 Å². The summed E-state index contributed by atoms with van der Waals surface area (Å²) >= 11 is 3.01. The van der Waals surface area contributed by atoms with Crippen LogP contribution in [-0.2, 0) is 25.7 Å². The lowest BCUT2D eigenvalue weighted by molar-refractivity contribution is 0.0599. The summed E-state index contributed by atoms with van der Waals surface area (Å²) in [6.07, 6.45) is 0.560. The van der Waals surface area contributed by atoms with Crippen molar-refractivity contribution in [2.75, 3.05) is 12.9 Å². The van der Waals surface area contributed by atoms with Crippen molar-refractivity contribution in [2.24, 2.45) is 0 Å². The van der Waals surface area contributed by atoms with Crippen molar-refractivity contribution < 1.29 is 17.9 Å². The molecule has 29 heavy (non-hydrogen) atoms. The number of rotatable bonds is 4. The van der Waals surface area contributed by atoms with E-state index < -0.39 is 15.8 Å². The first-order chi connectivity index (χ1) is 13.7. The van der Waals surface area contributed by atoms with Crippen LogP contribution in [-0.4, -0.2) is 32.2 Å². The molecule has 152 valence electrons. The summed E-state index contributed by atoms with van der Waals surface area (Å²) in [6, 6.07) is 11.3. The van der Waals surface area contributed by atoms with E-state index in [0.29, 0.717) is 28.2 Å². The molecule has 0 N–H and O–H groups in total. The number of esters is 1. The fourth-order valence-electron chi connectivity index (χ4n) is 3.63. The van der Waals surface area contributed by atoms with Crippen LogP contribution in [0.25, 0.3) is 10.2 Å². The number of methoxy groups -OCH3 is 1. The standard InChI is InChI=1S/C21H21NO4S3/c1-21(2)10-11-29(24,25)18-14(13(19(23)26-3)8-9-15(18)21)12-27-20-22-16-6-4-5-7-17(16)28-20/h4-9H,10-12H2,1-3H3. The Labute approximate surface area is 178 Å². The monoisotopic (exact) mass is 447 g/mol. The van der Waals surface area contributed by atoms with Gasteiger partial charge in [0.05, 0.1) is 33.5 Å². The fraction of sp³-hybridized carbons (Fsp3) is 0.333. The van der Waals surface area contributed by atoms with Crippen molar-refractivity contribution in [3.8, 4) is 0 Å². The maximum absolute atomic E-state index is 13.0. The van der Waals surface area contributed by atoms with E-state index in [1.54, 1.807) is 23.5 Å². The second-order valence-corrected chi connectivity index (χ2v) is 11.9. The van der Waals surface area contributed by atoms with Crippen molar-refractivity contribution in [3.63, 3.8) is 0 Å². The highest BCUT2D eigenvalue weighted by molar-refractivity contribution is 8.00. The maximum Gasteiger partial charge on any atom is 0.338 e. The number of ether oxygens (including phenoxy) is 1. The molecule has 2 heterocycles. The first-order valence-electron chi connectivity index (χ1n) is 9.19. The summed E-state index contributed by atoms with van der Waals surface area (Å²) in [5.41, 5.74) is 2.24. The van der Waals surface area contributed by atoms with E-state index in [1.807, 2.05) is 38.1 Å². The summed E-state index contributed by atoms with van der Waals surface area (Å²) in [5, 5.41) is 0. The molecule has 1 aliphatic heterocycles. The van der Waals surface area contributed by atoms with Gasteiger partial charge >= 0.3 is 5.97 Å². The quantitative estimate of drug-likeness (QED) is 0.421. The van der Waals surface area contributed by atoms with Crippen LogP contribution in [0.1, 0.15) is 41.8 Å². The van der Waals surface area contributed by atoms with Gasteiger partial charge in [-0.2, -0.15) is 0 Å². The van der Waals surface area contributed by atoms with E-state index in [1.165, 1.54) is 18.9 Å². The Morgan fingerprint density at radius 1 is 1.24 bits per heavy atom. The summed E-state index contributed by atoms with van der Waals surface area (Å²) < 4.78 is 32.9. The van der Waals surface area contributed by atoms with Gasteiger partial charge in [-0.25, -0.2) is 18.2 Å². The molecule has 0 fully saturated rings. The molecule has 0 radical (unpaired) electrons. The largest absolute Gasteiger partial charge is 0.465 e. The highest BCUT2D eigenvalue weighted by Crippen LogP contribution is 2.43. The number of carbonyl (C=O) groups is 1. The normalized spacial score (nSPS) is 17.1. The van der Waals surface area contributed by atoms with Gasteiger partial charge in [-0.3, -0.25) is 0 Å². The van der Waals surface area contributed by atoms with Gasteiger partial charge in [0, 0.05) is 5.75 Å². The minimum Gasteiger partial charge on any atom is -0.465 e. The van der Waals surface area contributed by atoms with Gasteiger partial charge in [0.15, 0.2) is 14.2 Å². The summed E-state index contributed by atoms with van der Waals surface area (Å²) in [5.74, 6) is -0.106. The van der Waals surface area contributed by atoms with Crippen molar-refractivity contribution in [3.05, 3.63) is 53.1 Å². The minimum atomic E-state index is -3.48. The second kappa shape index (κ2) is 7.41. The van der Waals surface area contributed by atoms with Crippen molar-refractivity contribution in [1.82, 2.24) is 4.98 Å². The molecule has 0 bridgehead atoms. The molecule has 8 heteroatoms. The van der Waals surface area contributed by atoms with Crippen molar-refractivity contribution in [2.45, 2.75) is 40.7 Å². The molecule has 0 aliphatic carbocycles. The molecule has 5 nitrogen and oxygen atoms in total. The lowest BCUT2D eigenvalue weighted by Gasteiger charge is -2.34. The molecule has 4 rings (SSSR count). The predicted molar refractivity (Wildman–Crippen MR) is 117 cm³/mol. The molecule has 1 aromatic heterocycles. The van der Waals surface area contributed by atoms with E-state index in [0.717, 1.165) is 20.1 Å². The Kier molecular flexibility index (Phi) is 5.21. The molecule has 0 saturated carbocycles. The predicted octanol–water partition coefficient (Wildman–Crippen LogP) is 4.83. The lowest BCUT2D eigenvalue weighted by atomic mass is 9.80. The smallest absolute Gasteiger partial charge is 0.338 e. The third-order valence-corrected chi connectivity index (χ3v) is 9.35. The molecule has 0 saturated heterocycles. The van der Waals surface area contributed by atoms with Gasteiger partial charge in [-0.1, -0.05) is 43.8 Å². The molecule has 3 aromatic rings. The summed E-state index contributed by atoms with van der Waals surface area (Å²) in [4.78, 5) is 17.3. The van der Waals surface area contributed by atoms with Crippen LogP contribution in [0.5, 0.6) is 0 Å². The number of hydrogen-bond acceptors (Lipinski definition) is 7. The Morgan fingerprint density at radius 2 is 2.00 bits per heavy atom. The lowest BCUT2D eigenvalue weighted by Crippen LogP contribution is -2.32. The molecule has 0 unspecified atom stereocenters. The third-order valence-electron chi connectivity index (χ3n) is 5.32. The van der Waals surface area contributed by atoms with Crippen LogP contribution in [0, 0.1) is 0 Å². The van der Waals surface area contributed by atoms with E-state index >= 15 is 0 Å². The topological polar surface area (TPSA) is 73.3 Å². The maximum atomic E-state index is 13.0. The number of sulfone groups is 1. The first-order valence-corrected chi connectivity index (χ1v) is 12.6. The minimum absolute atomic E-state index is 0.0798. The Bertz CT molecular complexity index is 1180. The molecule has 0 amide bonds. The molecule has 0 spiro atoms. The van der Waals surface area contributed by atoms with Crippen LogP contribution in [0.4, 0.5) is 0 Å². The average Bonchev–Trinajstić information content (AvgIpc) is 3.11. The van der Waals surface area contributed by atoms with Gasteiger partial charge < -0.3 is 4.74 Å². The van der Waals surface area contributed by atoms with Gasteiger partial charge in [-0.15, -0.1) is 11.3 Å². The summed E-state index contributed by atoms with van der Waals surface area (Å²) in [7, 11) is -2.16. The van der Waals surface area contributed by atoms with E-state index in [4.69, 9.17) is 4.74 Å². The number of hydrogen-bond donors (Lipinski definition) is 0. The first kappa shape index (κ1) is 20.4. The average molecular weight is 448 g/mol. The third kappa shape index (κ3) is 3.69. The van der Waals surface area contributed by atoms with E-state index in [9.17, 15) is 13.2 Å². The van der Waals surface area contributed by atoms with Gasteiger partial charge in [0.25, 0.3) is 0 Å². The number of nitrogens with zero attached hydrogens (tertiary/aromatic N) is 1. The molecule has 2 aromatic carbocycles. The zero-order valence-corrected chi connectivity index (χ0v) is 18.8. The summed E-state index contributed by atoms with van der Waals surface area (Å²) in [6.45, 7) is 4.09. The van der Waals surface area contributed by atoms with Crippen LogP contribution in [0.15, 0.2) is 45.6 Å². The van der Waals surface area contributed by atoms with Gasteiger partial charge in [0.2, 0.25) is 0 Å². The van der Waals surface area contributed by atoms with Crippen LogP contribution >= 0.6 is 23.1 Å². The molecular weight excluding hydrogens is 426 g/mol. The number of aromatic nitrogens is 1. The SMILES string of the molecule is COC(=O)c1ccc2c(c1CSc1nc3ccccc3s1)S(=O)(=O)CCC2(C)C. The number of thiazole rings is 1. The van der Waals surface area contributed by atoms with Crippen LogP contribution in [0.2, 0.25) is 0 Å². The fourth-order valence-corrected chi connectivity index (χ4v) is 8.05. The van der Waals surface area contributed by atoms with Crippen molar-refractivity contribution >= 4 is 49.1 Å². The zero-order chi connectivity index (χ0) is 20.8.